The van der Waals surface area contributed by atoms with Gasteiger partial charge in [-0.2, -0.15) is 0 Å². The van der Waals surface area contributed by atoms with E-state index in [4.69, 9.17) is 16.2 Å². The summed E-state index contributed by atoms with van der Waals surface area (Å²) in [6.45, 7) is 0. The van der Waals surface area contributed by atoms with Gasteiger partial charge in [0.15, 0.2) is 5.75 Å². The molecule has 4 nitrogen and oxygen atoms in total. The number of benzene rings is 1. The van der Waals surface area contributed by atoms with Gasteiger partial charge in [0.1, 0.15) is 0 Å². The van der Waals surface area contributed by atoms with E-state index >= 15 is 0 Å². The summed E-state index contributed by atoms with van der Waals surface area (Å²) >= 11 is 0. The molecule has 0 aliphatic carbocycles. The van der Waals surface area contributed by atoms with Gasteiger partial charge in [-0.3, -0.25) is 0 Å². The lowest BCUT2D eigenvalue weighted by Gasteiger charge is -2.07. The first kappa shape index (κ1) is 9.33. The van der Waals surface area contributed by atoms with Crippen LogP contribution in [0.4, 0.5) is 11.4 Å². The van der Waals surface area contributed by atoms with E-state index in [1.165, 1.54) is 0 Å². The Morgan fingerprint density at radius 3 is 2.60 bits per heavy atom. The zero-order valence-corrected chi connectivity index (χ0v) is 8.05. The van der Waals surface area contributed by atoms with Crippen LogP contribution in [-0.4, -0.2) is 4.98 Å². The van der Waals surface area contributed by atoms with Gasteiger partial charge in [0.05, 0.1) is 5.69 Å². The number of pyridine rings is 1. The van der Waals surface area contributed by atoms with Gasteiger partial charge in [-0.05, 0) is 24.3 Å². The summed E-state index contributed by atoms with van der Waals surface area (Å²) < 4.78 is 5.47. The Bertz CT molecular complexity index is 457. The van der Waals surface area contributed by atoms with E-state index in [1.54, 1.807) is 30.5 Å². The largest absolute Gasteiger partial charge is 0.437 e. The van der Waals surface area contributed by atoms with Crippen LogP contribution in [0.5, 0.6) is 11.6 Å². The molecule has 4 N–H and O–H groups in total. The van der Waals surface area contributed by atoms with Gasteiger partial charge < -0.3 is 16.2 Å². The topological polar surface area (TPSA) is 74.2 Å². The molecule has 0 radical (unpaired) electrons. The first-order valence-corrected chi connectivity index (χ1v) is 4.49. The molecule has 4 heteroatoms. The Morgan fingerprint density at radius 1 is 1.07 bits per heavy atom. The van der Waals surface area contributed by atoms with Crippen LogP contribution in [0.15, 0.2) is 42.6 Å². The summed E-state index contributed by atoms with van der Waals surface area (Å²) in [6.07, 6.45) is 1.66. The minimum Gasteiger partial charge on any atom is -0.437 e. The second-order valence-corrected chi connectivity index (χ2v) is 3.07. The Morgan fingerprint density at radius 2 is 1.93 bits per heavy atom. The highest BCUT2D eigenvalue weighted by atomic mass is 16.5. The molecule has 0 fully saturated rings. The smallest absolute Gasteiger partial charge is 0.219 e. The highest BCUT2D eigenvalue weighted by molar-refractivity contribution is 5.61. The van der Waals surface area contributed by atoms with Crippen LogP contribution in [0, 0.1) is 0 Å². The summed E-state index contributed by atoms with van der Waals surface area (Å²) in [5, 5.41) is 0. The first-order valence-electron chi connectivity index (χ1n) is 4.49. The average molecular weight is 201 g/mol. The fourth-order valence-electron chi connectivity index (χ4n) is 1.18. The molecule has 1 heterocycles. The van der Waals surface area contributed by atoms with Crippen LogP contribution in [0.2, 0.25) is 0 Å². The second kappa shape index (κ2) is 3.88. The van der Waals surface area contributed by atoms with Crippen molar-refractivity contribution in [2.24, 2.45) is 0 Å². The summed E-state index contributed by atoms with van der Waals surface area (Å²) in [6, 6.07) is 10.5. The average Bonchev–Trinajstić information content (AvgIpc) is 2.24. The molecular weight excluding hydrogens is 190 g/mol. The lowest BCUT2D eigenvalue weighted by Crippen LogP contribution is -1.95. The van der Waals surface area contributed by atoms with E-state index in [0.717, 1.165) is 0 Å². The van der Waals surface area contributed by atoms with E-state index < -0.39 is 0 Å². The number of hydrogen-bond donors (Lipinski definition) is 2. The predicted molar refractivity (Wildman–Crippen MR) is 59.6 cm³/mol. The number of ether oxygens (including phenoxy) is 1. The number of nitrogen functional groups attached to an aromatic ring is 2. The van der Waals surface area contributed by atoms with Crippen molar-refractivity contribution in [3.05, 3.63) is 42.6 Å². The number of rotatable bonds is 2. The summed E-state index contributed by atoms with van der Waals surface area (Å²) in [5.41, 5.74) is 12.4. The van der Waals surface area contributed by atoms with Crippen molar-refractivity contribution >= 4 is 11.4 Å². The van der Waals surface area contributed by atoms with E-state index in [0.29, 0.717) is 23.0 Å². The van der Waals surface area contributed by atoms with Crippen LogP contribution < -0.4 is 16.2 Å². The molecule has 1 aromatic carbocycles. The lowest BCUT2D eigenvalue weighted by atomic mass is 10.2. The molecule has 15 heavy (non-hydrogen) atoms. The first-order chi connectivity index (χ1) is 7.25. The van der Waals surface area contributed by atoms with Crippen molar-refractivity contribution < 1.29 is 4.74 Å². The van der Waals surface area contributed by atoms with Gasteiger partial charge in [-0.25, -0.2) is 4.98 Å². The maximum absolute atomic E-state index is 5.74. The molecule has 2 rings (SSSR count). The van der Waals surface area contributed by atoms with E-state index in [1.807, 2.05) is 12.1 Å². The van der Waals surface area contributed by atoms with Crippen LogP contribution >= 0.6 is 0 Å². The maximum Gasteiger partial charge on any atom is 0.219 e. The van der Waals surface area contributed by atoms with Crippen LogP contribution in [-0.2, 0) is 0 Å². The van der Waals surface area contributed by atoms with Crippen molar-refractivity contribution in [3.63, 3.8) is 0 Å². The van der Waals surface area contributed by atoms with Gasteiger partial charge in [0.25, 0.3) is 0 Å². The molecule has 0 spiro atoms. The number of hydrogen-bond acceptors (Lipinski definition) is 4. The highest BCUT2D eigenvalue weighted by Crippen LogP contribution is 2.27. The zero-order chi connectivity index (χ0) is 10.7. The Kier molecular flexibility index (Phi) is 2.41. The van der Waals surface area contributed by atoms with Gasteiger partial charge in [-0.1, -0.05) is 6.07 Å². The van der Waals surface area contributed by atoms with Crippen LogP contribution in [0.25, 0.3) is 0 Å². The number of anilines is 2. The minimum absolute atomic E-state index is 0.501. The monoisotopic (exact) mass is 201 g/mol. The van der Waals surface area contributed by atoms with Crippen LogP contribution in [0.3, 0.4) is 0 Å². The summed E-state index contributed by atoms with van der Waals surface area (Å²) in [5.74, 6) is 1.07. The summed E-state index contributed by atoms with van der Waals surface area (Å²) in [7, 11) is 0. The number of nitrogens with two attached hydrogens (primary N) is 2. The fraction of sp³-hybridized carbons (Fsp3) is 0. The molecular formula is C11H11N3O. The summed E-state index contributed by atoms with van der Waals surface area (Å²) in [4.78, 5) is 4.03. The van der Waals surface area contributed by atoms with Gasteiger partial charge in [0.2, 0.25) is 5.88 Å². The SMILES string of the molecule is Nc1ccc(Oc2ccccn2)c(N)c1. The van der Waals surface area contributed by atoms with E-state index in [2.05, 4.69) is 4.98 Å². The van der Waals surface area contributed by atoms with Crippen molar-refractivity contribution in [2.75, 3.05) is 11.5 Å². The number of aromatic nitrogens is 1. The minimum atomic E-state index is 0.501. The molecule has 0 saturated heterocycles. The van der Waals surface area contributed by atoms with Gasteiger partial charge in [0, 0.05) is 18.0 Å². The second-order valence-electron chi connectivity index (χ2n) is 3.07. The molecule has 0 aliphatic heterocycles. The quantitative estimate of drug-likeness (QED) is 0.729. The maximum atomic E-state index is 5.74. The fourth-order valence-corrected chi connectivity index (χ4v) is 1.18. The van der Waals surface area contributed by atoms with Gasteiger partial charge in [-0.15, -0.1) is 0 Å². The third-order valence-electron chi connectivity index (χ3n) is 1.89. The highest BCUT2D eigenvalue weighted by Gasteiger charge is 2.02. The Labute approximate surface area is 87.5 Å². The lowest BCUT2D eigenvalue weighted by molar-refractivity contribution is 0.465. The van der Waals surface area contributed by atoms with Crippen molar-refractivity contribution in [3.8, 4) is 11.6 Å². The van der Waals surface area contributed by atoms with Crippen molar-refractivity contribution in [1.29, 1.82) is 0 Å². The van der Waals surface area contributed by atoms with Crippen molar-refractivity contribution in [1.82, 2.24) is 4.98 Å². The molecule has 0 saturated carbocycles. The van der Waals surface area contributed by atoms with E-state index in [-0.39, 0.29) is 0 Å². The molecule has 0 aliphatic rings. The number of nitrogens with zero attached hydrogens (tertiary/aromatic N) is 1. The molecule has 76 valence electrons. The molecule has 1 aromatic heterocycles. The van der Waals surface area contributed by atoms with Crippen molar-refractivity contribution in [2.45, 2.75) is 0 Å². The van der Waals surface area contributed by atoms with E-state index in [9.17, 15) is 0 Å². The molecule has 0 amide bonds. The predicted octanol–water partition coefficient (Wildman–Crippen LogP) is 2.04. The molecule has 2 aromatic rings. The third-order valence-corrected chi connectivity index (χ3v) is 1.89. The Balaban J connectivity index is 2.25. The third kappa shape index (κ3) is 2.17. The molecule has 0 atom stereocenters. The zero-order valence-electron chi connectivity index (χ0n) is 8.05. The molecule has 0 bridgehead atoms. The Hall–Kier alpha value is -2.23. The van der Waals surface area contributed by atoms with Gasteiger partial charge >= 0.3 is 0 Å². The standard InChI is InChI=1S/C11H11N3O/c12-8-4-5-10(9(13)7-8)15-11-3-1-2-6-14-11/h1-7H,12-13H2. The van der Waals surface area contributed by atoms with Crippen LogP contribution in [0.1, 0.15) is 0 Å². The normalized spacial score (nSPS) is 9.87. The molecule has 0 unspecified atom stereocenters.